The fourth-order valence-corrected chi connectivity index (χ4v) is 0. The van der Waals surface area contributed by atoms with Gasteiger partial charge in [-0.2, -0.15) is 0 Å². The summed E-state index contributed by atoms with van der Waals surface area (Å²) in [6.45, 7) is 0. The SMILES string of the molecule is [Co].[Ir].[Ru].[SnH2]. The Bertz CT molecular complexity index is 8.00. The van der Waals surface area contributed by atoms with E-state index in [1.807, 2.05) is 0 Å². The molecular weight excluding hydrogens is 471 g/mol. The molecule has 0 aliphatic carbocycles. The normalized spacial score (nSPS) is 0. The van der Waals surface area contributed by atoms with Crippen molar-refractivity contribution in [3.8, 4) is 0 Å². The van der Waals surface area contributed by atoms with Crippen LogP contribution < -0.4 is 0 Å². The van der Waals surface area contributed by atoms with Crippen molar-refractivity contribution in [2.45, 2.75) is 0 Å². The summed E-state index contributed by atoms with van der Waals surface area (Å²) < 4.78 is 0. The second-order valence-electron chi connectivity index (χ2n) is 0. The first-order valence-electron chi connectivity index (χ1n) is 0. The predicted molar refractivity (Wildman–Crippen MR) is 8.54 cm³/mol. The van der Waals surface area contributed by atoms with Crippen LogP contribution in [-0.2, 0) is 56.4 Å². The zero-order valence-corrected chi connectivity index (χ0v) is 10.9. The molecule has 4 heavy (non-hydrogen) atoms. The topological polar surface area (TPSA) is 0 Å². The van der Waals surface area contributed by atoms with E-state index in [-0.39, 0.29) is 80.3 Å². The Hall–Kier alpha value is 2.58. The Balaban J connectivity index is 0. The van der Waals surface area contributed by atoms with Crippen LogP contribution in [-0.4, -0.2) is 23.9 Å². The molecule has 0 fully saturated rings. The molecule has 0 aromatic rings. The van der Waals surface area contributed by atoms with E-state index in [1.54, 1.807) is 0 Å². The molecular formula is H2CoIrRuSn. The van der Waals surface area contributed by atoms with Crippen LogP contribution in [0.5, 0.6) is 0 Å². The monoisotopic (exact) mass is 476 g/mol. The zero-order valence-electron chi connectivity index (χ0n) is 1.73. The minimum absolute atomic E-state index is 0. The molecule has 0 aromatic carbocycles. The molecule has 0 N–H and O–H groups in total. The van der Waals surface area contributed by atoms with E-state index in [2.05, 4.69) is 0 Å². The molecule has 0 aromatic heterocycles. The summed E-state index contributed by atoms with van der Waals surface area (Å²) >= 11 is 0. The van der Waals surface area contributed by atoms with Crippen LogP contribution in [0.4, 0.5) is 0 Å². The van der Waals surface area contributed by atoms with E-state index in [1.165, 1.54) is 0 Å². The third-order valence-corrected chi connectivity index (χ3v) is 0. The number of hydrogen-bond donors (Lipinski definition) is 0. The van der Waals surface area contributed by atoms with Crippen molar-refractivity contribution in [2.24, 2.45) is 0 Å². The van der Waals surface area contributed by atoms with Gasteiger partial charge in [-0.1, -0.05) is 0 Å². The average molecular weight is 473 g/mol. The first-order chi connectivity index (χ1) is 0. The third-order valence-electron chi connectivity index (χ3n) is 0. The molecule has 4 radical (unpaired) electrons. The van der Waals surface area contributed by atoms with Gasteiger partial charge in [-0.3, -0.25) is 0 Å². The molecule has 0 aliphatic rings. The molecule has 32 valence electrons. The van der Waals surface area contributed by atoms with Gasteiger partial charge in [0.05, 0.1) is 0 Å². The van der Waals surface area contributed by atoms with Crippen LogP contribution >= 0.6 is 0 Å². The summed E-state index contributed by atoms with van der Waals surface area (Å²) in [5.41, 5.74) is 0. The van der Waals surface area contributed by atoms with Crippen molar-refractivity contribution in [1.82, 2.24) is 0 Å². The van der Waals surface area contributed by atoms with Gasteiger partial charge in [-0.05, 0) is 0 Å². The van der Waals surface area contributed by atoms with Gasteiger partial charge in [0.1, 0.15) is 0 Å². The Labute approximate surface area is 79.1 Å². The Morgan fingerprint density at radius 2 is 1.00 bits per heavy atom. The molecule has 0 amide bonds. The third kappa shape index (κ3) is 8.82. The molecule has 0 saturated heterocycles. The van der Waals surface area contributed by atoms with Crippen LogP contribution in [0, 0.1) is 0 Å². The van der Waals surface area contributed by atoms with E-state index in [0.717, 1.165) is 0 Å². The molecule has 4 heteroatoms. The molecule has 0 saturated carbocycles. The van der Waals surface area contributed by atoms with Crippen LogP contribution in [0.25, 0.3) is 0 Å². The van der Waals surface area contributed by atoms with Crippen LogP contribution in [0.3, 0.4) is 0 Å². The summed E-state index contributed by atoms with van der Waals surface area (Å²) in [5.74, 6) is 0. The average Bonchev–Trinajstić information content (AvgIpc) is 0. The number of rotatable bonds is 0. The van der Waals surface area contributed by atoms with Gasteiger partial charge < -0.3 is 0 Å². The molecule has 0 atom stereocenters. The van der Waals surface area contributed by atoms with Crippen molar-refractivity contribution in [3.05, 3.63) is 0 Å². The predicted octanol–water partition coefficient (Wildman–Crippen LogP) is -0.924. The summed E-state index contributed by atoms with van der Waals surface area (Å²) in [6, 6.07) is 0. The zero-order chi connectivity index (χ0) is 0. The van der Waals surface area contributed by atoms with E-state index in [9.17, 15) is 0 Å². The summed E-state index contributed by atoms with van der Waals surface area (Å²) in [4.78, 5) is 0. The molecule has 0 rings (SSSR count). The number of hydrogen-bond acceptors (Lipinski definition) is 0. The van der Waals surface area contributed by atoms with Gasteiger partial charge in [0.2, 0.25) is 0 Å². The van der Waals surface area contributed by atoms with Crippen molar-refractivity contribution >= 4 is 23.9 Å². The maximum atomic E-state index is 0. The van der Waals surface area contributed by atoms with E-state index in [0.29, 0.717) is 0 Å². The summed E-state index contributed by atoms with van der Waals surface area (Å²) in [5, 5.41) is 0. The van der Waals surface area contributed by atoms with E-state index in [4.69, 9.17) is 0 Å². The molecule has 0 spiro atoms. The van der Waals surface area contributed by atoms with Gasteiger partial charge >= 0.3 is 23.9 Å². The first-order valence-corrected chi connectivity index (χ1v) is 0. The summed E-state index contributed by atoms with van der Waals surface area (Å²) in [6.07, 6.45) is 0. The van der Waals surface area contributed by atoms with Crippen LogP contribution in [0.15, 0.2) is 0 Å². The van der Waals surface area contributed by atoms with Crippen molar-refractivity contribution in [2.75, 3.05) is 0 Å². The molecule has 0 unspecified atom stereocenters. The van der Waals surface area contributed by atoms with Crippen LogP contribution in [0.1, 0.15) is 0 Å². The second kappa shape index (κ2) is 17.6. The van der Waals surface area contributed by atoms with E-state index >= 15 is 0 Å². The maximum absolute atomic E-state index is 0. The van der Waals surface area contributed by atoms with Gasteiger partial charge in [0.15, 0.2) is 0 Å². The Kier molecular flexibility index (Phi) is 135. The quantitative estimate of drug-likeness (QED) is 0.400. The van der Waals surface area contributed by atoms with Gasteiger partial charge in [-0.15, -0.1) is 0 Å². The Morgan fingerprint density at radius 3 is 1.00 bits per heavy atom. The standard InChI is InChI=1S/Co.Ir.Ru.Sn.2H. The Morgan fingerprint density at radius 1 is 1.00 bits per heavy atom. The van der Waals surface area contributed by atoms with E-state index < -0.39 is 0 Å². The summed E-state index contributed by atoms with van der Waals surface area (Å²) in [7, 11) is 0. The molecule has 0 nitrogen and oxygen atoms in total. The molecule has 0 bridgehead atoms. The van der Waals surface area contributed by atoms with Gasteiger partial charge in [0.25, 0.3) is 0 Å². The molecule has 0 aliphatic heterocycles. The van der Waals surface area contributed by atoms with Crippen molar-refractivity contribution in [3.63, 3.8) is 0 Å². The first kappa shape index (κ1) is 30.8. The van der Waals surface area contributed by atoms with Gasteiger partial charge in [0, 0.05) is 56.4 Å². The fourth-order valence-electron chi connectivity index (χ4n) is 0. The van der Waals surface area contributed by atoms with Crippen LogP contribution in [0.2, 0.25) is 0 Å². The van der Waals surface area contributed by atoms with Crippen molar-refractivity contribution < 1.29 is 56.4 Å². The van der Waals surface area contributed by atoms with Crippen molar-refractivity contribution in [1.29, 1.82) is 0 Å². The fraction of sp³-hybridized carbons (Fsp3) is 0. The second-order valence-corrected chi connectivity index (χ2v) is 0. The van der Waals surface area contributed by atoms with Gasteiger partial charge in [-0.25, -0.2) is 0 Å². The minimum atomic E-state index is 0. The molecule has 0 heterocycles.